The van der Waals surface area contributed by atoms with E-state index in [1.807, 2.05) is 91.8 Å². The summed E-state index contributed by atoms with van der Waals surface area (Å²) >= 11 is 0. The number of hydrogen-bond acceptors (Lipinski definition) is 8. The van der Waals surface area contributed by atoms with E-state index >= 15 is 0 Å². The fourth-order valence-electron chi connectivity index (χ4n) is 3.01. The molecule has 60 heavy (non-hydrogen) atoms. The van der Waals surface area contributed by atoms with Gasteiger partial charge in [0.15, 0.2) is 5.78 Å². The predicted molar refractivity (Wildman–Crippen MR) is 261 cm³/mol. The summed E-state index contributed by atoms with van der Waals surface area (Å²) in [5.74, 6) is 0.936. The SMILES string of the molecule is C=CCOC(CC)COCC.CC.CC.CC(=O)c1ccccc1.CCC.CCC(C)=O.CCNC(C)=O.CCOC(C)=O.CCOCC(C)CC.CCc1ccccc1. The highest BCUT2D eigenvalue weighted by Crippen LogP contribution is 2.00. The molecule has 1 N–H and O–H groups in total. The van der Waals surface area contributed by atoms with E-state index in [1.165, 1.54) is 32.3 Å². The van der Waals surface area contributed by atoms with E-state index in [2.05, 4.69) is 82.4 Å². The molecule has 2 unspecified atom stereocenters. The molecule has 0 fully saturated rings. The van der Waals surface area contributed by atoms with E-state index in [4.69, 9.17) is 14.2 Å². The molecule has 354 valence electrons. The zero-order valence-electron chi connectivity index (χ0n) is 42.5. The maximum absolute atomic E-state index is 10.6. The molecule has 0 heterocycles. The van der Waals surface area contributed by atoms with E-state index < -0.39 is 0 Å². The van der Waals surface area contributed by atoms with Gasteiger partial charge in [-0.3, -0.25) is 14.4 Å². The second kappa shape index (κ2) is 69.9. The van der Waals surface area contributed by atoms with Crippen molar-refractivity contribution < 1.29 is 38.1 Å². The number of benzene rings is 2. The number of carbonyl (C=O) groups is 4. The van der Waals surface area contributed by atoms with Gasteiger partial charge in [-0.2, -0.15) is 0 Å². The van der Waals surface area contributed by atoms with Crippen LogP contribution in [0.3, 0.4) is 0 Å². The first-order chi connectivity index (χ1) is 28.6. The number of Topliss-reactive ketones (excluding diaryl/α,β-unsaturated/α-hetero) is 2. The monoisotopic (exact) mass is 852 g/mol. The molecule has 0 aromatic heterocycles. The topological polar surface area (TPSA) is 117 Å². The summed E-state index contributed by atoms with van der Waals surface area (Å²) < 4.78 is 20.2. The van der Waals surface area contributed by atoms with Crippen LogP contribution in [0.2, 0.25) is 0 Å². The van der Waals surface area contributed by atoms with Crippen molar-refractivity contribution in [1.82, 2.24) is 5.32 Å². The summed E-state index contributed by atoms with van der Waals surface area (Å²) in [7, 11) is 0. The van der Waals surface area contributed by atoms with Crippen LogP contribution in [-0.4, -0.2) is 75.7 Å². The Bertz CT molecular complexity index is 1080. The number of esters is 1. The van der Waals surface area contributed by atoms with Crippen molar-refractivity contribution >= 4 is 23.4 Å². The highest BCUT2D eigenvalue weighted by molar-refractivity contribution is 5.93. The molecule has 2 rings (SSSR count). The average molecular weight is 852 g/mol. The van der Waals surface area contributed by atoms with Crippen molar-refractivity contribution in [2.45, 2.75) is 170 Å². The summed E-state index contributed by atoms with van der Waals surface area (Å²) in [5.41, 5.74) is 2.19. The molecule has 2 aromatic carbocycles. The lowest BCUT2D eigenvalue weighted by molar-refractivity contribution is -0.140. The first-order valence-corrected chi connectivity index (χ1v) is 22.5. The third-order valence-electron chi connectivity index (χ3n) is 6.42. The van der Waals surface area contributed by atoms with Crippen molar-refractivity contribution in [3.63, 3.8) is 0 Å². The van der Waals surface area contributed by atoms with Crippen LogP contribution >= 0.6 is 0 Å². The highest BCUT2D eigenvalue weighted by Gasteiger charge is 2.04. The normalized spacial score (nSPS) is 9.45. The number of aryl methyl sites for hydroxylation is 1. The molecule has 2 aromatic rings. The number of ether oxygens (including phenoxy) is 4. The molecule has 0 aliphatic rings. The largest absolute Gasteiger partial charge is 0.466 e. The minimum Gasteiger partial charge on any atom is -0.466 e. The van der Waals surface area contributed by atoms with Crippen molar-refractivity contribution in [1.29, 1.82) is 0 Å². The molecule has 0 aliphatic carbocycles. The van der Waals surface area contributed by atoms with Gasteiger partial charge in [-0.1, -0.05) is 156 Å². The number of nitrogens with one attached hydrogen (secondary N) is 1. The van der Waals surface area contributed by atoms with Crippen molar-refractivity contribution in [3.05, 3.63) is 84.4 Å². The molecule has 0 bridgehead atoms. The van der Waals surface area contributed by atoms with Gasteiger partial charge in [-0.15, -0.1) is 6.58 Å². The van der Waals surface area contributed by atoms with E-state index in [1.54, 1.807) is 26.8 Å². The molecular weight excluding hydrogens is 755 g/mol. The third kappa shape index (κ3) is 86.2. The molecule has 9 heteroatoms. The lowest BCUT2D eigenvalue weighted by Crippen LogP contribution is -2.18. The molecule has 1 amide bonds. The molecule has 0 saturated heterocycles. The van der Waals surface area contributed by atoms with Crippen LogP contribution in [0.15, 0.2) is 73.3 Å². The Hall–Kier alpha value is -3.66. The van der Waals surface area contributed by atoms with Gasteiger partial charge in [-0.05, 0) is 65.9 Å². The standard InChI is InChI=1S/C9H18O2.C8H8O.C8H10.C7H16O.C4H9NO.C4H8O2.C4H8O.C3H8.2C2H6/c1-4-7-11-9(5-2)8-10-6-3;1-7(9)8-5-3-2-4-6-8;1-2-8-6-4-3-5-7-8;1-4-7(3)6-8-5-2;1-3-5-4(2)6;1-3-6-4(2)5;1-3-4(2)5;1-3-2;2*1-2/h4,9H,1,5-8H2,2-3H3;2-6H,1H3;3-7H,2H2,1H3;7H,4-6H2,1-3H3;3H2,1-2H3,(H,5,6);3H2,1-2H3;3H2,1-2H3;3H2,1-2H3;2*1-2H3. The third-order valence-corrected chi connectivity index (χ3v) is 6.42. The fourth-order valence-corrected chi connectivity index (χ4v) is 3.01. The Morgan fingerprint density at radius 2 is 1.10 bits per heavy atom. The van der Waals surface area contributed by atoms with Gasteiger partial charge in [-0.25, -0.2) is 0 Å². The number of amides is 1. The zero-order chi connectivity index (χ0) is 48.4. The van der Waals surface area contributed by atoms with E-state index in [9.17, 15) is 19.2 Å². The van der Waals surface area contributed by atoms with Crippen LogP contribution in [0.5, 0.6) is 0 Å². The molecule has 0 aliphatic heterocycles. The van der Waals surface area contributed by atoms with Gasteiger partial charge in [0, 0.05) is 52.2 Å². The fraction of sp³-hybridized carbons (Fsp3) is 0.647. The van der Waals surface area contributed by atoms with Crippen LogP contribution in [0, 0.1) is 5.92 Å². The van der Waals surface area contributed by atoms with Gasteiger partial charge < -0.3 is 29.1 Å². The Labute approximate surface area is 372 Å². The minimum absolute atomic E-state index is 0.0394. The quantitative estimate of drug-likeness (QED) is 0.101. The molecular formula is C51H97NO8. The zero-order valence-corrected chi connectivity index (χ0v) is 42.5. The number of hydrogen-bond donors (Lipinski definition) is 1. The van der Waals surface area contributed by atoms with Crippen molar-refractivity contribution in [2.24, 2.45) is 5.92 Å². The maximum atomic E-state index is 10.6. The summed E-state index contributed by atoms with van der Waals surface area (Å²) in [5, 5.41) is 2.57. The molecule has 9 nitrogen and oxygen atoms in total. The van der Waals surface area contributed by atoms with E-state index in [0.717, 1.165) is 50.7 Å². The Morgan fingerprint density at radius 1 is 0.667 bits per heavy atom. The van der Waals surface area contributed by atoms with E-state index in [-0.39, 0.29) is 29.5 Å². The molecule has 2 atom stereocenters. The van der Waals surface area contributed by atoms with Gasteiger partial charge in [0.05, 0.1) is 25.9 Å². The van der Waals surface area contributed by atoms with Crippen LogP contribution < -0.4 is 5.32 Å². The Morgan fingerprint density at radius 3 is 1.32 bits per heavy atom. The van der Waals surface area contributed by atoms with Gasteiger partial charge in [0.1, 0.15) is 5.78 Å². The maximum Gasteiger partial charge on any atom is 0.302 e. The average Bonchev–Trinajstić information content (AvgIpc) is 3.26. The van der Waals surface area contributed by atoms with Crippen LogP contribution in [-0.2, 0) is 39.8 Å². The van der Waals surface area contributed by atoms with Gasteiger partial charge >= 0.3 is 5.97 Å². The first-order valence-electron chi connectivity index (χ1n) is 22.5. The van der Waals surface area contributed by atoms with Crippen LogP contribution in [0.1, 0.15) is 173 Å². The summed E-state index contributed by atoms with van der Waals surface area (Å²) in [6.07, 6.45) is 7.26. The summed E-state index contributed by atoms with van der Waals surface area (Å²) in [6.45, 7) is 45.1. The predicted octanol–water partition coefficient (Wildman–Crippen LogP) is 13.4. The molecule has 0 saturated carbocycles. The second-order valence-electron chi connectivity index (χ2n) is 12.0. The summed E-state index contributed by atoms with van der Waals surface area (Å²) in [6, 6.07) is 19.7. The van der Waals surface area contributed by atoms with Gasteiger partial charge in [0.25, 0.3) is 0 Å². The van der Waals surface area contributed by atoms with E-state index in [0.29, 0.717) is 26.2 Å². The highest BCUT2D eigenvalue weighted by atomic mass is 16.5. The van der Waals surface area contributed by atoms with Crippen molar-refractivity contribution in [3.8, 4) is 0 Å². The number of ketones is 2. The first kappa shape index (κ1) is 73.8. The van der Waals surface area contributed by atoms with Crippen LogP contribution in [0.25, 0.3) is 0 Å². The lowest BCUT2D eigenvalue weighted by Gasteiger charge is -2.13. The van der Waals surface area contributed by atoms with Crippen molar-refractivity contribution in [2.75, 3.05) is 46.2 Å². The number of rotatable bonds is 16. The number of carbonyl (C=O) groups excluding carboxylic acids is 4. The molecule has 0 radical (unpaired) electrons. The Kier molecular flexibility index (Phi) is 86.1. The lowest BCUT2D eigenvalue weighted by atomic mass is 10.1. The summed E-state index contributed by atoms with van der Waals surface area (Å²) in [4.78, 5) is 40.2. The minimum atomic E-state index is -0.211. The van der Waals surface area contributed by atoms with Crippen LogP contribution in [0.4, 0.5) is 0 Å². The smallest absolute Gasteiger partial charge is 0.302 e. The van der Waals surface area contributed by atoms with Gasteiger partial charge in [0.2, 0.25) is 5.91 Å². The molecule has 0 spiro atoms. The second-order valence-corrected chi connectivity index (χ2v) is 12.0. The Balaban J connectivity index is -0.0000000864.